The molecule has 4 nitrogen and oxygen atoms in total. The maximum Gasteiger partial charge on any atom is 0.0956 e. The van der Waals surface area contributed by atoms with Gasteiger partial charge < -0.3 is 14.4 Å². The first-order valence-corrected chi connectivity index (χ1v) is 7.21. The van der Waals surface area contributed by atoms with Crippen LogP contribution in [0.2, 0.25) is 5.02 Å². The van der Waals surface area contributed by atoms with Gasteiger partial charge in [-0.2, -0.15) is 0 Å². The van der Waals surface area contributed by atoms with Crippen molar-refractivity contribution in [1.82, 2.24) is 9.55 Å². The Hall–Kier alpha value is -1.36. The first-order chi connectivity index (χ1) is 9.77. The van der Waals surface area contributed by atoms with Crippen molar-refractivity contribution in [3.05, 3.63) is 41.3 Å². The molecule has 0 spiro atoms. The van der Waals surface area contributed by atoms with Crippen LogP contribution in [-0.4, -0.2) is 34.0 Å². The third-order valence-corrected chi connectivity index (χ3v) is 4.69. The maximum absolute atomic E-state index is 10.4. The topological polar surface area (TPSA) is 47.3 Å². The second-order valence-corrected chi connectivity index (χ2v) is 5.83. The summed E-state index contributed by atoms with van der Waals surface area (Å²) in [6, 6.07) is 5.93. The molecule has 104 valence electrons. The first kappa shape index (κ1) is 12.4. The normalized spacial score (nSPS) is 28.2. The molecular weight excluding hydrogens is 276 g/mol. The second-order valence-electron chi connectivity index (χ2n) is 5.43. The Morgan fingerprint density at radius 2 is 2.30 bits per heavy atom. The van der Waals surface area contributed by atoms with E-state index >= 15 is 0 Å². The number of hydrogen-bond donors (Lipinski definition) is 1. The molecule has 1 aromatic carbocycles. The molecule has 1 N–H and O–H groups in total. The van der Waals surface area contributed by atoms with Crippen LogP contribution in [0.4, 0.5) is 0 Å². The van der Waals surface area contributed by atoms with E-state index in [4.69, 9.17) is 16.3 Å². The van der Waals surface area contributed by atoms with Crippen LogP contribution < -0.4 is 0 Å². The summed E-state index contributed by atoms with van der Waals surface area (Å²) < 4.78 is 7.68. The Labute approximate surface area is 122 Å². The second kappa shape index (κ2) is 4.58. The number of nitrogens with zero attached hydrogens (tertiary/aromatic N) is 2. The summed E-state index contributed by atoms with van der Waals surface area (Å²) >= 11 is 6.42. The van der Waals surface area contributed by atoms with Crippen molar-refractivity contribution < 1.29 is 9.84 Å². The minimum Gasteiger partial charge on any atom is -0.393 e. The van der Waals surface area contributed by atoms with Crippen molar-refractivity contribution in [3.8, 4) is 11.3 Å². The SMILES string of the molecule is O[C@H]1CCOC[C@@H]1C1c2c(Cl)cccc2-c2cncn21. The van der Waals surface area contributed by atoms with E-state index < -0.39 is 0 Å². The van der Waals surface area contributed by atoms with E-state index in [9.17, 15) is 5.11 Å². The Balaban J connectivity index is 1.88. The lowest BCUT2D eigenvalue weighted by molar-refractivity contribution is -0.0481. The number of fused-ring (bicyclic) bond motifs is 3. The standard InChI is InChI=1S/C15H15ClN2O2/c16-11-3-1-2-9-12-6-17-8-18(12)15(14(9)11)10-7-20-5-4-13(10)19/h1-3,6,8,10,13,15,19H,4-5,7H2/t10-,13-,15?/m0/s1. The zero-order valence-corrected chi connectivity index (χ0v) is 11.6. The fourth-order valence-corrected chi connectivity index (χ4v) is 3.69. The highest BCUT2D eigenvalue weighted by atomic mass is 35.5. The summed E-state index contributed by atoms with van der Waals surface area (Å²) in [6.07, 6.45) is 3.97. The minimum absolute atomic E-state index is 0.00602. The molecule has 4 rings (SSSR count). The van der Waals surface area contributed by atoms with Crippen molar-refractivity contribution in [3.63, 3.8) is 0 Å². The monoisotopic (exact) mass is 290 g/mol. The lowest BCUT2D eigenvalue weighted by Gasteiger charge is -2.33. The molecule has 0 bridgehead atoms. The summed E-state index contributed by atoms with van der Waals surface area (Å²) in [7, 11) is 0. The highest BCUT2D eigenvalue weighted by Gasteiger charge is 2.40. The molecule has 1 fully saturated rings. The number of ether oxygens (including phenoxy) is 1. The van der Waals surface area contributed by atoms with E-state index in [0.717, 1.165) is 21.8 Å². The van der Waals surface area contributed by atoms with E-state index in [-0.39, 0.29) is 18.1 Å². The molecular formula is C15H15ClN2O2. The highest BCUT2D eigenvalue weighted by Crippen LogP contribution is 2.47. The summed E-state index contributed by atoms with van der Waals surface area (Å²) in [5.41, 5.74) is 3.25. The molecule has 0 radical (unpaired) electrons. The van der Waals surface area contributed by atoms with Crippen molar-refractivity contribution in [2.45, 2.75) is 18.6 Å². The Bertz CT molecular complexity index is 655. The Morgan fingerprint density at radius 1 is 1.40 bits per heavy atom. The predicted molar refractivity (Wildman–Crippen MR) is 75.7 cm³/mol. The van der Waals surface area contributed by atoms with Crippen molar-refractivity contribution in [2.24, 2.45) is 5.92 Å². The van der Waals surface area contributed by atoms with Gasteiger partial charge in [0.25, 0.3) is 0 Å². The van der Waals surface area contributed by atoms with Crippen LogP contribution in [0.5, 0.6) is 0 Å². The molecule has 3 heterocycles. The first-order valence-electron chi connectivity index (χ1n) is 6.84. The van der Waals surface area contributed by atoms with E-state index in [0.29, 0.717) is 19.6 Å². The van der Waals surface area contributed by atoms with Gasteiger partial charge in [-0.1, -0.05) is 23.7 Å². The third-order valence-electron chi connectivity index (χ3n) is 4.36. The molecule has 0 saturated carbocycles. The van der Waals surface area contributed by atoms with Gasteiger partial charge in [0.2, 0.25) is 0 Å². The average molecular weight is 291 g/mol. The zero-order valence-electron chi connectivity index (χ0n) is 10.9. The van der Waals surface area contributed by atoms with E-state index in [1.54, 1.807) is 0 Å². The van der Waals surface area contributed by atoms with Crippen molar-refractivity contribution in [2.75, 3.05) is 13.2 Å². The molecule has 3 atom stereocenters. The zero-order chi connectivity index (χ0) is 13.7. The number of hydrogen-bond acceptors (Lipinski definition) is 3. The summed E-state index contributed by atoms with van der Waals surface area (Å²) in [6.45, 7) is 1.17. The molecule has 5 heteroatoms. The molecule has 2 aromatic rings. The lowest BCUT2D eigenvalue weighted by atomic mass is 9.86. The fourth-order valence-electron chi connectivity index (χ4n) is 3.41. The van der Waals surface area contributed by atoms with Crippen LogP contribution in [0.25, 0.3) is 11.3 Å². The largest absolute Gasteiger partial charge is 0.393 e. The van der Waals surface area contributed by atoms with Crippen LogP contribution in [-0.2, 0) is 4.74 Å². The lowest BCUT2D eigenvalue weighted by Crippen LogP contribution is -2.37. The maximum atomic E-state index is 10.4. The number of imidazole rings is 1. The van der Waals surface area contributed by atoms with Crippen LogP contribution >= 0.6 is 11.6 Å². The van der Waals surface area contributed by atoms with Crippen LogP contribution in [0, 0.1) is 5.92 Å². The van der Waals surface area contributed by atoms with Crippen LogP contribution in [0.1, 0.15) is 18.0 Å². The van der Waals surface area contributed by atoms with Gasteiger partial charge in [-0.25, -0.2) is 4.98 Å². The summed E-state index contributed by atoms with van der Waals surface area (Å²) in [4.78, 5) is 4.24. The van der Waals surface area contributed by atoms with Gasteiger partial charge in [-0.05, 0) is 12.5 Å². The molecule has 0 aliphatic carbocycles. The molecule has 1 aromatic heterocycles. The van der Waals surface area contributed by atoms with Gasteiger partial charge in [-0.3, -0.25) is 0 Å². The summed E-state index contributed by atoms with van der Waals surface area (Å²) in [5, 5.41) is 11.1. The van der Waals surface area contributed by atoms with E-state index in [1.165, 1.54) is 0 Å². The third kappa shape index (κ3) is 1.65. The molecule has 2 aliphatic heterocycles. The van der Waals surface area contributed by atoms with E-state index in [2.05, 4.69) is 15.6 Å². The Morgan fingerprint density at radius 3 is 3.15 bits per heavy atom. The van der Waals surface area contributed by atoms with Crippen molar-refractivity contribution in [1.29, 1.82) is 0 Å². The average Bonchev–Trinajstić information content (AvgIpc) is 3.01. The fraction of sp³-hybridized carbons (Fsp3) is 0.400. The number of benzene rings is 1. The molecule has 2 aliphatic rings. The number of rotatable bonds is 1. The number of aliphatic hydroxyl groups is 1. The van der Waals surface area contributed by atoms with Gasteiger partial charge in [-0.15, -0.1) is 0 Å². The summed E-state index contributed by atoms with van der Waals surface area (Å²) in [5.74, 6) is 0.0119. The van der Waals surface area contributed by atoms with Gasteiger partial charge in [0, 0.05) is 28.7 Å². The van der Waals surface area contributed by atoms with Gasteiger partial charge in [0.1, 0.15) is 0 Å². The number of halogens is 1. The molecule has 1 unspecified atom stereocenters. The highest BCUT2D eigenvalue weighted by molar-refractivity contribution is 6.32. The molecule has 1 saturated heterocycles. The van der Waals surface area contributed by atoms with Crippen LogP contribution in [0.15, 0.2) is 30.7 Å². The van der Waals surface area contributed by atoms with Crippen LogP contribution in [0.3, 0.4) is 0 Å². The molecule has 20 heavy (non-hydrogen) atoms. The van der Waals surface area contributed by atoms with E-state index in [1.807, 2.05) is 24.7 Å². The Kier molecular flexibility index (Phi) is 2.84. The predicted octanol–water partition coefficient (Wildman–Crippen LogP) is 2.50. The smallest absolute Gasteiger partial charge is 0.0956 e. The minimum atomic E-state index is -0.369. The van der Waals surface area contributed by atoms with Gasteiger partial charge in [0.05, 0.1) is 37.0 Å². The van der Waals surface area contributed by atoms with Crippen molar-refractivity contribution >= 4 is 11.6 Å². The number of aromatic nitrogens is 2. The van der Waals surface area contributed by atoms with Gasteiger partial charge >= 0.3 is 0 Å². The molecule has 0 amide bonds. The quantitative estimate of drug-likeness (QED) is 0.878. The van der Waals surface area contributed by atoms with Gasteiger partial charge in [0.15, 0.2) is 0 Å². The number of aliphatic hydroxyl groups excluding tert-OH is 1.